The maximum Gasteiger partial charge on any atom is 0.134 e. The highest BCUT2D eigenvalue weighted by Gasteiger charge is 2.09. The van der Waals surface area contributed by atoms with E-state index in [9.17, 15) is 14.4 Å². The van der Waals surface area contributed by atoms with Crippen LogP contribution in [0.2, 0.25) is 0 Å². The molecule has 92 valence electrons. The molecule has 0 aliphatic heterocycles. The van der Waals surface area contributed by atoms with E-state index in [2.05, 4.69) is 45.2 Å². The predicted octanol–water partition coefficient (Wildman–Crippen LogP) is 2.90. The first kappa shape index (κ1) is 16.5. The Kier molecular flexibility index (Phi) is 10.9. The van der Waals surface area contributed by atoms with E-state index in [4.69, 9.17) is 0 Å². The summed E-state index contributed by atoms with van der Waals surface area (Å²) in [4.78, 5) is 33.7. The predicted molar refractivity (Wildman–Crippen MR) is 80.5 cm³/mol. The van der Waals surface area contributed by atoms with Gasteiger partial charge in [0.2, 0.25) is 0 Å². The Morgan fingerprint density at radius 3 is 1.06 bits per heavy atom. The van der Waals surface area contributed by atoms with Crippen molar-refractivity contribution in [2.75, 3.05) is 8.86 Å². The van der Waals surface area contributed by atoms with Gasteiger partial charge in [-0.25, -0.2) is 0 Å². The third-order valence-electron chi connectivity index (χ3n) is 2.11. The van der Waals surface area contributed by atoms with Crippen LogP contribution in [0.15, 0.2) is 0 Å². The van der Waals surface area contributed by atoms with E-state index in [-0.39, 0.29) is 17.3 Å². The van der Waals surface area contributed by atoms with Crippen molar-refractivity contribution in [3.05, 3.63) is 0 Å². The van der Waals surface area contributed by atoms with E-state index >= 15 is 0 Å². The molecule has 0 amide bonds. The molecule has 16 heavy (non-hydrogen) atoms. The van der Waals surface area contributed by atoms with Crippen LogP contribution in [0.25, 0.3) is 0 Å². The number of ketones is 3. The van der Waals surface area contributed by atoms with E-state index in [0.717, 1.165) is 8.86 Å². The number of alkyl halides is 2. The molecular formula is C11H16I2O3. The van der Waals surface area contributed by atoms with Crippen molar-refractivity contribution in [1.82, 2.24) is 0 Å². The molecule has 0 rings (SSSR count). The average Bonchev–Trinajstić information content (AvgIpc) is 2.24. The number of carbonyl (C=O) groups is 3. The summed E-state index contributed by atoms with van der Waals surface area (Å²) < 4.78 is 1.61. The van der Waals surface area contributed by atoms with Gasteiger partial charge in [0.25, 0.3) is 0 Å². The maximum absolute atomic E-state index is 11.4. The molecule has 0 saturated heterocycles. The highest BCUT2D eigenvalue weighted by Crippen LogP contribution is 2.05. The molecule has 0 unspecified atom stereocenters. The Labute approximate surface area is 123 Å². The fourth-order valence-corrected chi connectivity index (χ4v) is 2.35. The first-order valence-corrected chi connectivity index (χ1v) is 8.32. The smallest absolute Gasteiger partial charge is 0.134 e. The van der Waals surface area contributed by atoms with E-state index in [1.165, 1.54) is 0 Å². The molecular weight excluding hydrogens is 434 g/mol. The van der Waals surface area contributed by atoms with Crippen LogP contribution >= 0.6 is 45.2 Å². The summed E-state index contributed by atoms with van der Waals surface area (Å²) in [6, 6.07) is 0. The maximum atomic E-state index is 11.4. The summed E-state index contributed by atoms with van der Waals surface area (Å²) in [5, 5.41) is 0. The first-order valence-electron chi connectivity index (χ1n) is 5.27. The summed E-state index contributed by atoms with van der Waals surface area (Å²) in [7, 11) is 0. The number of Topliss-reactive ketones (excluding diaryl/α,β-unsaturated/α-hetero) is 3. The van der Waals surface area contributed by atoms with Gasteiger partial charge in [-0.1, -0.05) is 45.2 Å². The molecule has 0 aliphatic carbocycles. The van der Waals surface area contributed by atoms with Gasteiger partial charge in [-0.3, -0.25) is 14.4 Å². The molecule has 0 heterocycles. The monoisotopic (exact) mass is 450 g/mol. The van der Waals surface area contributed by atoms with Crippen LogP contribution in [-0.4, -0.2) is 26.2 Å². The molecule has 0 atom stereocenters. The van der Waals surface area contributed by atoms with Crippen LogP contribution < -0.4 is 0 Å². The summed E-state index contributed by atoms with van der Waals surface area (Å²) in [6.45, 7) is 0. The normalized spacial score (nSPS) is 10.1. The fourth-order valence-electron chi connectivity index (χ4n) is 1.14. The molecule has 0 aromatic carbocycles. The number of hydrogen-bond donors (Lipinski definition) is 0. The van der Waals surface area contributed by atoms with E-state index < -0.39 is 0 Å². The van der Waals surface area contributed by atoms with Crippen LogP contribution in [0, 0.1) is 0 Å². The summed E-state index contributed by atoms with van der Waals surface area (Å²) in [5.74, 6) is 0.311. The molecule has 3 nitrogen and oxygen atoms in total. The Morgan fingerprint density at radius 2 is 0.812 bits per heavy atom. The second-order valence-corrected chi connectivity index (χ2v) is 5.65. The zero-order chi connectivity index (χ0) is 12.4. The summed E-state index contributed by atoms with van der Waals surface area (Å²) in [5.41, 5.74) is 0. The van der Waals surface area contributed by atoms with Gasteiger partial charge in [0.1, 0.15) is 17.3 Å². The SMILES string of the molecule is O=C(CCI)CCC(=O)CCC(=O)CCI. The number of carbonyl (C=O) groups excluding carboxylic acids is 3. The summed E-state index contributed by atoms with van der Waals surface area (Å²) in [6.07, 6.45) is 2.35. The second kappa shape index (κ2) is 10.6. The van der Waals surface area contributed by atoms with Crippen molar-refractivity contribution in [3.63, 3.8) is 0 Å². The van der Waals surface area contributed by atoms with Gasteiger partial charge in [0, 0.05) is 47.4 Å². The van der Waals surface area contributed by atoms with Crippen LogP contribution in [0.1, 0.15) is 38.5 Å². The lowest BCUT2D eigenvalue weighted by molar-refractivity contribution is -0.125. The standard InChI is InChI=1S/C11H16I2O3/c12-7-5-10(15)3-1-9(14)2-4-11(16)6-8-13/h1-8H2. The van der Waals surface area contributed by atoms with Gasteiger partial charge >= 0.3 is 0 Å². The van der Waals surface area contributed by atoms with Gasteiger partial charge < -0.3 is 0 Å². The molecule has 0 saturated carbocycles. The van der Waals surface area contributed by atoms with Crippen molar-refractivity contribution < 1.29 is 14.4 Å². The topological polar surface area (TPSA) is 51.2 Å². The number of halogens is 2. The van der Waals surface area contributed by atoms with Crippen molar-refractivity contribution in [3.8, 4) is 0 Å². The minimum Gasteiger partial charge on any atom is -0.300 e. The minimum absolute atomic E-state index is 0.0311. The van der Waals surface area contributed by atoms with Gasteiger partial charge in [-0.15, -0.1) is 0 Å². The average molecular weight is 450 g/mol. The third kappa shape index (κ3) is 9.68. The number of rotatable bonds is 10. The molecule has 5 heteroatoms. The van der Waals surface area contributed by atoms with Gasteiger partial charge in [0.15, 0.2) is 0 Å². The highest BCUT2D eigenvalue weighted by molar-refractivity contribution is 14.1. The van der Waals surface area contributed by atoms with Crippen LogP contribution in [0.3, 0.4) is 0 Å². The lowest BCUT2D eigenvalue weighted by atomic mass is 10.1. The number of hydrogen-bond acceptors (Lipinski definition) is 3. The Hall–Kier alpha value is 0.470. The highest BCUT2D eigenvalue weighted by atomic mass is 127. The lowest BCUT2D eigenvalue weighted by Crippen LogP contribution is -2.07. The molecule has 0 spiro atoms. The Morgan fingerprint density at radius 1 is 0.562 bits per heavy atom. The van der Waals surface area contributed by atoms with Crippen molar-refractivity contribution in [2.45, 2.75) is 38.5 Å². The molecule has 0 bridgehead atoms. The zero-order valence-corrected chi connectivity index (χ0v) is 13.5. The van der Waals surface area contributed by atoms with Crippen LogP contribution in [-0.2, 0) is 14.4 Å². The lowest BCUT2D eigenvalue weighted by Gasteiger charge is -1.99. The second-order valence-electron chi connectivity index (χ2n) is 3.49. The molecule has 0 aromatic rings. The first-order chi connectivity index (χ1) is 7.60. The van der Waals surface area contributed by atoms with Gasteiger partial charge in [-0.05, 0) is 0 Å². The zero-order valence-electron chi connectivity index (χ0n) is 9.14. The largest absolute Gasteiger partial charge is 0.300 e. The summed E-state index contributed by atoms with van der Waals surface area (Å²) >= 11 is 4.29. The molecule has 0 N–H and O–H groups in total. The Balaban J connectivity index is 3.59. The van der Waals surface area contributed by atoms with Crippen LogP contribution in [0.5, 0.6) is 0 Å². The quantitative estimate of drug-likeness (QED) is 0.380. The van der Waals surface area contributed by atoms with Gasteiger partial charge in [-0.2, -0.15) is 0 Å². The van der Waals surface area contributed by atoms with Crippen LogP contribution in [0.4, 0.5) is 0 Å². The Bertz CT molecular complexity index is 228. The third-order valence-corrected chi connectivity index (χ3v) is 3.19. The van der Waals surface area contributed by atoms with Crippen molar-refractivity contribution >= 4 is 62.5 Å². The molecule has 0 aliphatic rings. The van der Waals surface area contributed by atoms with Crippen molar-refractivity contribution in [1.29, 1.82) is 0 Å². The van der Waals surface area contributed by atoms with E-state index in [1.807, 2.05) is 0 Å². The van der Waals surface area contributed by atoms with E-state index in [0.29, 0.717) is 38.5 Å². The minimum atomic E-state index is 0.0311. The molecule has 0 radical (unpaired) electrons. The molecule has 0 aromatic heterocycles. The molecule has 0 fully saturated rings. The van der Waals surface area contributed by atoms with Crippen molar-refractivity contribution in [2.24, 2.45) is 0 Å². The van der Waals surface area contributed by atoms with E-state index in [1.54, 1.807) is 0 Å². The van der Waals surface area contributed by atoms with Gasteiger partial charge in [0.05, 0.1) is 0 Å². The fraction of sp³-hybridized carbons (Fsp3) is 0.727.